The van der Waals surface area contributed by atoms with E-state index >= 15 is 0 Å². The van der Waals surface area contributed by atoms with Gasteiger partial charge >= 0.3 is 0 Å². The van der Waals surface area contributed by atoms with Crippen LogP contribution in [0.25, 0.3) is 5.65 Å². The van der Waals surface area contributed by atoms with Gasteiger partial charge in [-0.1, -0.05) is 43.0 Å². The zero-order chi connectivity index (χ0) is 20.6. The van der Waals surface area contributed by atoms with E-state index in [1.54, 1.807) is 0 Å². The molecule has 0 saturated carbocycles. The first-order valence-electron chi connectivity index (χ1n) is 9.95. The maximum absolute atomic E-state index is 6.31. The summed E-state index contributed by atoms with van der Waals surface area (Å²) >= 11 is 0. The van der Waals surface area contributed by atoms with Gasteiger partial charge in [0.05, 0.1) is 6.20 Å². The molecule has 0 fully saturated rings. The number of pyridine rings is 1. The van der Waals surface area contributed by atoms with Gasteiger partial charge in [0.2, 0.25) is 5.95 Å². The second kappa shape index (κ2) is 9.89. The Morgan fingerprint density at radius 2 is 1.97 bits per heavy atom. The highest BCUT2D eigenvalue weighted by Gasteiger charge is 2.16. The van der Waals surface area contributed by atoms with Crippen molar-refractivity contribution < 1.29 is 4.74 Å². The van der Waals surface area contributed by atoms with E-state index in [1.165, 1.54) is 0 Å². The van der Waals surface area contributed by atoms with Gasteiger partial charge in [0.15, 0.2) is 5.65 Å². The number of hydrogen-bond acceptors (Lipinski definition) is 5. The summed E-state index contributed by atoms with van der Waals surface area (Å²) in [4.78, 5) is 1.92. The number of hydrogen-bond donors (Lipinski definition) is 1. The van der Waals surface area contributed by atoms with Crippen LogP contribution >= 0.6 is 0 Å². The van der Waals surface area contributed by atoms with Crippen LogP contribution in [0.1, 0.15) is 33.1 Å². The van der Waals surface area contributed by atoms with Crippen LogP contribution < -0.4 is 15.4 Å². The summed E-state index contributed by atoms with van der Waals surface area (Å²) in [6, 6.07) is 3.80. The van der Waals surface area contributed by atoms with Crippen molar-refractivity contribution in [2.75, 3.05) is 4.90 Å². The summed E-state index contributed by atoms with van der Waals surface area (Å²) in [5, 5.41) is 8.59. The largest absolute Gasteiger partial charge is 0.489 e. The first-order chi connectivity index (χ1) is 14.1. The Bertz CT molecular complexity index is 941. The Balaban J connectivity index is 1.84. The van der Waals surface area contributed by atoms with Crippen molar-refractivity contribution in [1.29, 1.82) is 0 Å². The zero-order valence-corrected chi connectivity index (χ0v) is 17.1. The Morgan fingerprint density at radius 3 is 2.72 bits per heavy atom. The molecule has 29 heavy (non-hydrogen) atoms. The zero-order valence-electron chi connectivity index (χ0n) is 17.1. The minimum Gasteiger partial charge on any atom is -0.489 e. The number of nitrogens with two attached hydrogens (primary N) is 1. The van der Waals surface area contributed by atoms with Crippen molar-refractivity contribution >= 4 is 11.6 Å². The summed E-state index contributed by atoms with van der Waals surface area (Å²) in [5.74, 6) is 1.48. The summed E-state index contributed by atoms with van der Waals surface area (Å²) < 4.78 is 8.24. The van der Waals surface area contributed by atoms with Gasteiger partial charge in [0.25, 0.3) is 0 Å². The molecule has 2 aromatic heterocycles. The third-order valence-electron chi connectivity index (χ3n) is 4.74. The predicted octanol–water partition coefficient (Wildman–Crippen LogP) is 4.53. The molecule has 0 aromatic carbocycles. The molecule has 0 saturated heterocycles. The number of nitrogens with zero attached hydrogens (tertiary/aromatic N) is 4. The van der Waals surface area contributed by atoms with Crippen LogP contribution in [0.15, 0.2) is 79.3 Å². The van der Waals surface area contributed by atoms with Gasteiger partial charge in [-0.3, -0.25) is 9.30 Å². The molecule has 0 unspecified atom stereocenters. The number of anilines is 1. The Kier molecular flexibility index (Phi) is 7.03. The molecule has 0 bridgehead atoms. The summed E-state index contributed by atoms with van der Waals surface area (Å²) in [6.45, 7) is 7.98. The summed E-state index contributed by atoms with van der Waals surface area (Å²) in [7, 11) is 0. The lowest BCUT2D eigenvalue weighted by Gasteiger charge is -2.21. The van der Waals surface area contributed by atoms with Crippen molar-refractivity contribution in [3.8, 4) is 5.75 Å². The molecule has 6 nitrogen and oxygen atoms in total. The Hall–Kier alpha value is -3.12. The van der Waals surface area contributed by atoms with Gasteiger partial charge in [-0.25, -0.2) is 0 Å². The quantitative estimate of drug-likeness (QED) is 0.811. The van der Waals surface area contributed by atoms with Crippen molar-refractivity contribution in [3.05, 3.63) is 79.3 Å². The third kappa shape index (κ3) is 5.23. The standard InChI is InChI=1S/C23H29N5O/c1-4-15-27(16-5-2)23-26-25-22-14-12-20(17-28(22)23)29-19-10-8-6-7-9-18(3)21(24)13-11-19/h4-9,12,14-17,19,21H,3,10-11,13,24H2,1-2H3/b8-6-,9-7-,15-4+,16-5+/t19-,21-/m0/s1. The Morgan fingerprint density at radius 1 is 1.17 bits per heavy atom. The van der Waals surface area contributed by atoms with Gasteiger partial charge in [0.1, 0.15) is 11.9 Å². The number of fused-ring (bicyclic) bond motifs is 1. The van der Waals surface area contributed by atoms with E-state index in [2.05, 4.69) is 22.9 Å². The van der Waals surface area contributed by atoms with E-state index in [0.717, 1.165) is 36.2 Å². The second-order valence-corrected chi connectivity index (χ2v) is 6.99. The number of allylic oxidation sites excluding steroid dienone is 4. The van der Waals surface area contributed by atoms with Crippen LogP contribution in [0.2, 0.25) is 0 Å². The monoisotopic (exact) mass is 391 g/mol. The van der Waals surface area contributed by atoms with Gasteiger partial charge in [-0.05, 0) is 44.4 Å². The van der Waals surface area contributed by atoms with E-state index in [0.29, 0.717) is 5.95 Å². The third-order valence-corrected chi connectivity index (χ3v) is 4.74. The molecular formula is C23H29N5O. The average molecular weight is 392 g/mol. The first-order valence-corrected chi connectivity index (χ1v) is 9.95. The fourth-order valence-electron chi connectivity index (χ4n) is 3.19. The van der Waals surface area contributed by atoms with E-state index in [-0.39, 0.29) is 12.1 Å². The lowest BCUT2D eigenvalue weighted by atomic mass is 9.99. The van der Waals surface area contributed by atoms with Crippen LogP contribution in [0, 0.1) is 0 Å². The molecule has 0 aliphatic heterocycles. The maximum atomic E-state index is 6.31. The van der Waals surface area contributed by atoms with Crippen molar-refractivity contribution in [1.82, 2.24) is 14.6 Å². The molecular weight excluding hydrogens is 362 g/mol. The molecule has 6 heteroatoms. The second-order valence-electron chi connectivity index (χ2n) is 6.99. The minimum atomic E-state index is -0.0500. The van der Waals surface area contributed by atoms with Gasteiger partial charge < -0.3 is 10.5 Å². The number of ether oxygens (including phenoxy) is 1. The molecule has 0 amide bonds. The van der Waals surface area contributed by atoms with E-state index in [9.17, 15) is 0 Å². The molecule has 1 aliphatic rings. The van der Waals surface area contributed by atoms with Crippen molar-refractivity contribution in [3.63, 3.8) is 0 Å². The number of rotatable bonds is 5. The van der Waals surface area contributed by atoms with Gasteiger partial charge in [-0.15, -0.1) is 10.2 Å². The van der Waals surface area contributed by atoms with Gasteiger partial charge in [0, 0.05) is 24.9 Å². The molecule has 2 atom stereocenters. The molecule has 3 rings (SSSR count). The van der Waals surface area contributed by atoms with Crippen LogP contribution in [-0.4, -0.2) is 26.7 Å². The van der Waals surface area contributed by atoms with Crippen LogP contribution in [0.4, 0.5) is 5.95 Å². The minimum absolute atomic E-state index is 0.0381. The van der Waals surface area contributed by atoms with Crippen LogP contribution in [-0.2, 0) is 0 Å². The molecule has 2 N–H and O–H groups in total. The smallest absolute Gasteiger partial charge is 0.239 e. The topological polar surface area (TPSA) is 68.7 Å². The Labute approximate surface area is 172 Å². The highest BCUT2D eigenvalue weighted by molar-refractivity contribution is 5.51. The van der Waals surface area contributed by atoms with E-state index < -0.39 is 0 Å². The molecule has 0 spiro atoms. The maximum Gasteiger partial charge on any atom is 0.239 e. The van der Waals surface area contributed by atoms with Crippen molar-refractivity contribution in [2.45, 2.75) is 45.3 Å². The fourth-order valence-corrected chi connectivity index (χ4v) is 3.19. The number of aromatic nitrogens is 3. The molecule has 2 heterocycles. The SMILES string of the molecule is C=C1/C=C\C=C/C[C@H](Oc2ccc3nnc(N(/C=C/C)/C=C/C)n3c2)CC[C@@H]1N. The fraction of sp³-hybridized carbons (Fsp3) is 0.304. The lowest BCUT2D eigenvalue weighted by molar-refractivity contribution is 0.188. The lowest BCUT2D eigenvalue weighted by Crippen LogP contribution is -2.25. The van der Waals surface area contributed by atoms with E-state index in [4.69, 9.17) is 10.5 Å². The predicted molar refractivity (Wildman–Crippen MR) is 119 cm³/mol. The van der Waals surface area contributed by atoms with Crippen molar-refractivity contribution in [2.24, 2.45) is 5.73 Å². The molecule has 152 valence electrons. The molecule has 0 radical (unpaired) electrons. The molecule has 1 aliphatic carbocycles. The first kappa shape index (κ1) is 20.6. The summed E-state index contributed by atoms with van der Waals surface area (Å²) in [6.07, 6.45) is 20.4. The average Bonchev–Trinajstić information content (AvgIpc) is 3.13. The highest BCUT2D eigenvalue weighted by atomic mass is 16.5. The van der Waals surface area contributed by atoms with Crippen LogP contribution in [0.3, 0.4) is 0 Å². The van der Waals surface area contributed by atoms with E-state index in [1.807, 2.05) is 84.3 Å². The van der Waals surface area contributed by atoms with Gasteiger partial charge in [-0.2, -0.15) is 0 Å². The normalized spacial score (nSPS) is 22.9. The summed E-state index contributed by atoms with van der Waals surface area (Å²) in [5.41, 5.74) is 7.93. The highest BCUT2D eigenvalue weighted by Crippen LogP contribution is 2.23. The van der Waals surface area contributed by atoms with Crippen LogP contribution in [0.5, 0.6) is 5.75 Å². The molecule has 2 aromatic rings.